The van der Waals surface area contributed by atoms with Crippen LogP contribution in [0.25, 0.3) is 0 Å². The van der Waals surface area contributed by atoms with Gasteiger partial charge in [-0.05, 0) is 57.6 Å². The van der Waals surface area contributed by atoms with Gasteiger partial charge in [-0.1, -0.05) is 60.7 Å². The highest BCUT2D eigenvalue weighted by molar-refractivity contribution is 7.80. The number of amides is 1. The fourth-order valence-corrected chi connectivity index (χ4v) is 5.54. The largest absolute Gasteiger partial charge is 0.469 e. The van der Waals surface area contributed by atoms with Crippen molar-refractivity contribution < 1.29 is 36.2 Å². The third kappa shape index (κ3) is 7.30. The Balaban J connectivity index is 2.07. The fourth-order valence-electron chi connectivity index (χ4n) is 5.03. The fraction of sp³-hybridized carbons (Fsp3) is 0.481. The van der Waals surface area contributed by atoms with E-state index in [2.05, 4.69) is 0 Å². The van der Waals surface area contributed by atoms with Crippen LogP contribution in [0.4, 0.5) is 4.79 Å². The highest BCUT2D eigenvalue weighted by atomic mass is 32.3. The second-order valence-electron chi connectivity index (χ2n) is 10.2. The van der Waals surface area contributed by atoms with E-state index >= 15 is 0 Å². The summed E-state index contributed by atoms with van der Waals surface area (Å²) in [5.74, 6) is -0.520. The predicted octanol–water partition coefficient (Wildman–Crippen LogP) is 5.26. The monoisotopic (exact) mass is 533 g/mol. The van der Waals surface area contributed by atoms with Crippen LogP contribution in [0.15, 0.2) is 60.7 Å². The topological polar surface area (TPSA) is 119 Å². The molecule has 0 saturated carbocycles. The zero-order chi connectivity index (χ0) is 27.3. The average Bonchev–Trinajstić information content (AvgIpc) is 2.85. The van der Waals surface area contributed by atoms with Gasteiger partial charge in [-0.2, -0.15) is 8.42 Å². The summed E-state index contributed by atoms with van der Waals surface area (Å²) in [5, 5.41) is 0. The lowest BCUT2D eigenvalue weighted by atomic mass is 9.67. The second kappa shape index (κ2) is 11.6. The Morgan fingerprint density at radius 1 is 1.08 bits per heavy atom. The third-order valence-corrected chi connectivity index (χ3v) is 6.93. The minimum absolute atomic E-state index is 0.0599. The zero-order valence-corrected chi connectivity index (χ0v) is 22.4. The van der Waals surface area contributed by atoms with Crippen LogP contribution in [0.1, 0.15) is 69.7 Å². The van der Waals surface area contributed by atoms with Gasteiger partial charge in [-0.15, -0.1) is 0 Å². The molecule has 10 heteroatoms. The maximum absolute atomic E-state index is 13.6. The molecule has 0 spiro atoms. The third-order valence-electron chi connectivity index (χ3n) is 6.45. The van der Waals surface area contributed by atoms with Gasteiger partial charge in [-0.25, -0.2) is 8.98 Å². The molecular weight excluding hydrogens is 498 g/mol. The molecule has 2 aromatic rings. The highest BCUT2D eigenvalue weighted by Gasteiger charge is 2.53. The molecule has 1 aliphatic rings. The van der Waals surface area contributed by atoms with Crippen molar-refractivity contribution in [2.45, 2.75) is 64.2 Å². The number of hydrogen-bond donors (Lipinski definition) is 1. The van der Waals surface area contributed by atoms with Gasteiger partial charge in [0.05, 0.1) is 18.6 Å². The Hall–Kier alpha value is -2.95. The molecular formula is C27H35NO8S. The van der Waals surface area contributed by atoms with Crippen LogP contribution in [0.5, 0.6) is 0 Å². The molecule has 1 amide bonds. The maximum Gasteiger partial charge on any atom is 0.410 e. The van der Waals surface area contributed by atoms with E-state index in [0.717, 1.165) is 5.56 Å². The molecule has 0 bridgehead atoms. The first-order valence-electron chi connectivity index (χ1n) is 12.2. The van der Waals surface area contributed by atoms with Crippen LogP contribution in [-0.2, 0) is 28.9 Å². The summed E-state index contributed by atoms with van der Waals surface area (Å²) in [4.78, 5) is 28.5. The summed E-state index contributed by atoms with van der Waals surface area (Å²) in [6.07, 6.45) is -0.522. The average molecular weight is 534 g/mol. The summed E-state index contributed by atoms with van der Waals surface area (Å²) in [7, 11) is -3.49. The van der Waals surface area contributed by atoms with Gasteiger partial charge in [0.25, 0.3) is 0 Å². The van der Waals surface area contributed by atoms with E-state index in [9.17, 15) is 22.6 Å². The van der Waals surface area contributed by atoms with Gasteiger partial charge in [0.2, 0.25) is 0 Å². The summed E-state index contributed by atoms with van der Waals surface area (Å²) < 4.78 is 48.8. The maximum atomic E-state index is 13.6. The molecule has 0 radical (unpaired) electrons. The molecule has 9 nitrogen and oxygen atoms in total. The molecule has 0 aromatic heterocycles. The number of carbonyl (C=O) groups excluding carboxylic acids is 2. The molecule has 202 valence electrons. The lowest BCUT2D eigenvalue weighted by molar-refractivity contribution is -0.162. The molecule has 3 rings (SSSR count). The van der Waals surface area contributed by atoms with Crippen molar-refractivity contribution in [1.29, 1.82) is 0 Å². The van der Waals surface area contributed by atoms with Crippen molar-refractivity contribution >= 4 is 22.5 Å². The van der Waals surface area contributed by atoms with Gasteiger partial charge in [0.15, 0.2) is 0 Å². The lowest BCUT2D eigenvalue weighted by Crippen LogP contribution is -2.53. The number of esters is 1. The molecule has 1 fully saturated rings. The normalized spacial score (nSPS) is 21.2. The van der Waals surface area contributed by atoms with Gasteiger partial charge < -0.3 is 9.47 Å². The minimum Gasteiger partial charge on any atom is -0.469 e. The Morgan fingerprint density at radius 2 is 1.68 bits per heavy atom. The van der Waals surface area contributed by atoms with Crippen molar-refractivity contribution in [1.82, 2.24) is 4.90 Å². The molecule has 3 unspecified atom stereocenters. The van der Waals surface area contributed by atoms with Gasteiger partial charge in [-0.3, -0.25) is 14.2 Å². The first-order chi connectivity index (χ1) is 17.4. The molecule has 3 atom stereocenters. The molecule has 37 heavy (non-hydrogen) atoms. The van der Waals surface area contributed by atoms with Crippen molar-refractivity contribution in [2.24, 2.45) is 5.41 Å². The minimum atomic E-state index is -4.78. The van der Waals surface area contributed by atoms with Gasteiger partial charge >= 0.3 is 22.5 Å². The van der Waals surface area contributed by atoms with Crippen LogP contribution in [-0.4, -0.2) is 49.2 Å². The lowest BCUT2D eigenvalue weighted by Gasteiger charge is -2.48. The van der Waals surface area contributed by atoms with E-state index in [1.54, 1.807) is 56.0 Å². The van der Waals surface area contributed by atoms with Crippen LogP contribution in [0.2, 0.25) is 0 Å². The summed E-state index contributed by atoms with van der Waals surface area (Å²) in [5.41, 5.74) is -0.714. The van der Waals surface area contributed by atoms with Crippen molar-refractivity contribution in [3.05, 3.63) is 71.8 Å². The number of methoxy groups -OCH3 is 1. The number of piperidine rings is 1. The van der Waals surface area contributed by atoms with E-state index in [-0.39, 0.29) is 12.8 Å². The highest BCUT2D eigenvalue weighted by Crippen LogP contribution is 2.51. The summed E-state index contributed by atoms with van der Waals surface area (Å²) >= 11 is 0. The van der Waals surface area contributed by atoms with Gasteiger partial charge in [0.1, 0.15) is 11.7 Å². The predicted molar refractivity (Wildman–Crippen MR) is 137 cm³/mol. The van der Waals surface area contributed by atoms with E-state index in [1.807, 2.05) is 30.3 Å². The quantitative estimate of drug-likeness (QED) is 0.361. The SMILES string of the molecule is COC(=O)C1(CCC(OS(=O)(=O)O)c2ccccc2)CCCN(C(=O)OC(C)(C)C)C1c1ccccc1. The Bertz CT molecular complexity index is 1160. The number of nitrogens with zero attached hydrogens (tertiary/aromatic N) is 1. The van der Waals surface area contributed by atoms with E-state index < -0.39 is 45.6 Å². The molecule has 1 N–H and O–H groups in total. The van der Waals surface area contributed by atoms with Crippen molar-refractivity contribution in [3.8, 4) is 0 Å². The summed E-state index contributed by atoms with van der Waals surface area (Å²) in [6.45, 7) is 5.70. The number of benzene rings is 2. The standard InChI is InChI=1S/C27H35NO8S/c1-26(2,3)35-25(30)28-19-11-17-27(24(29)34-4,23(28)21-14-9-6-10-15-21)18-16-22(36-37(31,32)33)20-12-7-5-8-13-20/h5-10,12-15,22-23H,11,16-19H2,1-4H3,(H,31,32,33). The first-order valence-corrected chi connectivity index (χ1v) is 13.6. The van der Waals surface area contributed by atoms with Crippen LogP contribution >= 0.6 is 0 Å². The number of hydrogen-bond acceptors (Lipinski definition) is 7. The van der Waals surface area contributed by atoms with E-state index in [1.165, 1.54) is 7.11 Å². The Morgan fingerprint density at radius 3 is 2.22 bits per heavy atom. The van der Waals surface area contributed by atoms with Gasteiger partial charge in [0, 0.05) is 6.54 Å². The molecule has 0 aliphatic carbocycles. The van der Waals surface area contributed by atoms with Crippen molar-refractivity contribution in [3.63, 3.8) is 0 Å². The van der Waals surface area contributed by atoms with Crippen molar-refractivity contribution in [2.75, 3.05) is 13.7 Å². The Labute approximate surface area is 218 Å². The second-order valence-corrected chi connectivity index (χ2v) is 11.2. The Kier molecular flexibility index (Phi) is 8.99. The van der Waals surface area contributed by atoms with E-state index in [0.29, 0.717) is 24.9 Å². The number of likely N-dealkylation sites (tertiary alicyclic amines) is 1. The molecule has 2 aromatic carbocycles. The zero-order valence-electron chi connectivity index (χ0n) is 21.6. The van der Waals surface area contributed by atoms with Crippen LogP contribution in [0, 0.1) is 5.41 Å². The molecule has 1 heterocycles. The smallest absolute Gasteiger partial charge is 0.410 e. The van der Waals surface area contributed by atoms with E-state index in [4.69, 9.17) is 13.7 Å². The number of rotatable bonds is 8. The number of carbonyl (C=O) groups is 2. The first kappa shape index (κ1) is 28.6. The molecule has 1 aliphatic heterocycles. The van der Waals surface area contributed by atoms with Crippen LogP contribution < -0.4 is 0 Å². The summed E-state index contributed by atoms with van der Waals surface area (Å²) in [6, 6.07) is 17.0. The number of ether oxygens (including phenoxy) is 2. The van der Waals surface area contributed by atoms with Crippen LogP contribution in [0.3, 0.4) is 0 Å². The molecule has 1 saturated heterocycles.